The molecule has 0 aliphatic rings. The lowest BCUT2D eigenvalue weighted by Gasteiger charge is -2.30. The van der Waals surface area contributed by atoms with E-state index in [2.05, 4.69) is 5.32 Å². The average molecular weight is 389 g/mol. The number of halogens is 1. The average Bonchev–Trinajstić information content (AvgIpc) is 2.67. The number of amides is 2. The topological polar surface area (TPSA) is 58.6 Å². The molecule has 2 aromatic carbocycles. The lowest BCUT2D eigenvalue weighted by Crippen LogP contribution is -2.49. The van der Waals surface area contributed by atoms with Crippen LogP contribution in [0.2, 0.25) is 5.02 Å². The first kappa shape index (κ1) is 20.8. The van der Waals surface area contributed by atoms with E-state index in [1.165, 1.54) is 0 Å². The second-order valence-electron chi connectivity index (χ2n) is 6.23. The molecule has 2 amide bonds. The third-order valence-electron chi connectivity index (χ3n) is 4.39. The monoisotopic (exact) mass is 388 g/mol. The van der Waals surface area contributed by atoms with Crippen LogP contribution in [0.5, 0.6) is 5.75 Å². The van der Waals surface area contributed by atoms with Crippen LogP contribution in [0.25, 0.3) is 0 Å². The predicted molar refractivity (Wildman–Crippen MR) is 107 cm³/mol. The molecule has 1 N–H and O–H groups in total. The molecule has 0 saturated heterocycles. The van der Waals surface area contributed by atoms with Crippen LogP contribution in [0, 0.1) is 6.92 Å². The molecule has 6 heteroatoms. The quantitative estimate of drug-likeness (QED) is 0.751. The van der Waals surface area contributed by atoms with Gasteiger partial charge < -0.3 is 15.0 Å². The fourth-order valence-corrected chi connectivity index (χ4v) is 3.02. The Morgan fingerprint density at radius 3 is 2.56 bits per heavy atom. The van der Waals surface area contributed by atoms with Crippen LogP contribution in [0.4, 0.5) is 0 Å². The summed E-state index contributed by atoms with van der Waals surface area (Å²) in [5.74, 6) is 0.0653. The van der Waals surface area contributed by atoms with E-state index in [0.29, 0.717) is 23.7 Å². The van der Waals surface area contributed by atoms with Crippen molar-refractivity contribution >= 4 is 23.4 Å². The lowest BCUT2D eigenvalue weighted by atomic mass is 10.1. The Balaban J connectivity index is 2.20. The zero-order valence-corrected chi connectivity index (χ0v) is 16.6. The van der Waals surface area contributed by atoms with E-state index >= 15 is 0 Å². The van der Waals surface area contributed by atoms with Gasteiger partial charge in [0.25, 0.3) is 5.91 Å². The molecule has 144 valence electrons. The molecule has 0 unspecified atom stereocenters. The molecule has 0 heterocycles. The van der Waals surface area contributed by atoms with E-state index < -0.39 is 6.04 Å². The van der Waals surface area contributed by atoms with Crippen LogP contribution in [0.3, 0.4) is 0 Å². The number of likely N-dealkylation sites (N-methyl/N-ethyl adjacent to an activating group) is 1. The van der Waals surface area contributed by atoms with Crippen molar-refractivity contribution in [1.29, 1.82) is 0 Å². The maximum Gasteiger partial charge on any atom is 0.261 e. The maximum absolute atomic E-state index is 12.9. The SMILES string of the molecule is CC[C@H](C(=O)NC)N(Cc1ccccc1C)C(=O)COc1cccc(Cl)c1. The Kier molecular flexibility index (Phi) is 7.67. The van der Waals surface area contributed by atoms with Gasteiger partial charge in [0.05, 0.1) is 0 Å². The Morgan fingerprint density at radius 2 is 1.93 bits per heavy atom. The molecular weight excluding hydrogens is 364 g/mol. The Morgan fingerprint density at radius 1 is 1.19 bits per heavy atom. The van der Waals surface area contributed by atoms with Gasteiger partial charge in [0.1, 0.15) is 11.8 Å². The van der Waals surface area contributed by atoms with Gasteiger partial charge >= 0.3 is 0 Å². The number of benzene rings is 2. The van der Waals surface area contributed by atoms with Crippen molar-refractivity contribution in [2.45, 2.75) is 32.9 Å². The van der Waals surface area contributed by atoms with Gasteiger partial charge in [-0.1, -0.05) is 48.9 Å². The van der Waals surface area contributed by atoms with Crippen molar-refractivity contribution in [2.24, 2.45) is 0 Å². The largest absolute Gasteiger partial charge is 0.484 e. The second-order valence-corrected chi connectivity index (χ2v) is 6.67. The Hall–Kier alpha value is -2.53. The van der Waals surface area contributed by atoms with Gasteiger partial charge in [-0.2, -0.15) is 0 Å². The number of carbonyl (C=O) groups excluding carboxylic acids is 2. The molecule has 27 heavy (non-hydrogen) atoms. The predicted octanol–water partition coefficient (Wildman–Crippen LogP) is 3.58. The van der Waals surface area contributed by atoms with Crippen molar-refractivity contribution in [3.05, 3.63) is 64.7 Å². The third kappa shape index (κ3) is 5.73. The van der Waals surface area contributed by atoms with Gasteiger partial charge in [-0.05, 0) is 42.7 Å². The minimum absolute atomic E-state index is 0.167. The lowest BCUT2D eigenvalue weighted by molar-refractivity contribution is -0.142. The minimum atomic E-state index is -0.565. The zero-order valence-electron chi connectivity index (χ0n) is 15.9. The molecule has 0 spiro atoms. The fraction of sp³-hybridized carbons (Fsp3) is 0.333. The zero-order chi connectivity index (χ0) is 19.8. The van der Waals surface area contributed by atoms with E-state index in [9.17, 15) is 9.59 Å². The molecule has 0 bridgehead atoms. The normalized spacial score (nSPS) is 11.6. The molecule has 0 aliphatic carbocycles. The molecule has 2 rings (SSSR count). The summed E-state index contributed by atoms with van der Waals surface area (Å²) in [6.45, 7) is 4.05. The van der Waals surface area contributed by atoms with Crippen LogP contribution < -0.4 is 10.1 Å². The van der Waals surface area contributed by atoms with E-state index in [1.807, 2.05) is 38.1 Å². The van der Waals surface area contributed by atoms with Crippen molar-refractivity contribution in [1.82, 2.24) is 10.2 Å². The highest BCUT2D eigenvalue weighted by Crippen LogP contribution is 2.19. The highest BCUT2D eigenvalue weighted by molar-refractivity contribution is 6.30. The molecular formula is C21H25ClN2O3. The second kappa shape index (κ2) is 9.97. The van der Waals surface area contributed by atoms with Crippen molar-refractivity contribution in [3.8, 4) is 5.75 Å². The van der Waals surface area contributed by atoms with Crippen LogP contribution in [-0.2, 0) is 16.1 Å². The summed E-state index contributed by atoms with van der Waals surface area (Å²) in [5, 5.41) is 3.18. The first-order chi connectivity index (χ1) is 13.0. The molecule has 0 radical (unpaired) electrons. The number of carbonyl (C=O) groups is 2. The first-order valence-electron chi connectivity index (χ1n) is 8.90. The maximum atomic E-state index is 12.9. The molecule has 5 nitrogen and oxygen atoms in total. The number of nitrogens with one attached hydrogen (secondary N) is 1. The molecule has 0 saturated carbocycles. The van der Waals surface area contributed by atoms with Gasteiger partial charge in [0.15, 0.2) is 6.61 Å². The van der Waals surface area contributed by atoms with Gasteiger partial charge in [0.2, 0.25) is 5.91 Å². The molecule has 0 aromatic heterocycles. The summed E-state index contributed by atoms with van der Waals surface area (Å²) < 4.78 is 5.60. The van der Waals surface area contributed by atoms with E-state index in [0.717, 1.165) is 11.1 Å². The van der Waals surface area contributed by atoms with E-state index in [4.69, 9.17) is 16.3 Å². The Bertz CT molecular complexity index is 795. The highest BCUT2D eigenvalue weighted by Gasteiger charge is 2.28. The smallest absolute Gasteiger partial charge is 0.261 e. The molecule has 1 atom stereocenters. The number of aryl methyl sites for hydroxylation is 1. The summed E-state index contributed by atoms with van der Waals surface area (Å²) in [7, 11) is 1.57. The molecule has 2 aromatic rings. The highest BCUT2D eigenvalue weighted by atomic mass is 35.5. The van der Waals surface area contributed by atoms with Crippen molar-refractivity contribution < 1.29 is 14.3 Å². The summed E-state index contributed by atoms with van der Waals surface area (Å²) in [4.78, 5) is 26.8. The number of rotatable bonds is 8. The summed E-state index contributed by atoms with van der Waals surface area (Å²) >= 11 is 5.95. The minimum Gasteiger partial charge on any atom is -0.484 e. The first-order valence-corrected chi connectivity index (χ1v) is 9.28. The van der Waals surface area contributed by atoms with Crippen LogP contribution in [-0.4, -0.2) is 36.4 Å². The van der Waals surface area contributed by atoms with Gasteiger partial charge in [-0.25, -0.2) is 0 Å². The fourth-order valence-electron chi connectivity index (χ4n) is 2.84. The number of nitrogens with zero attached hydrogens (tertiary/aromatic N) is 1. The van der Waals surface area contributed by atoms with Crippen LogP contribution in [0.1, 0.15) is 24.5 Å². The summed E-state index contributed by atoms with van der Waals surface area (Å²) in [6.07, 6.45) is 0.508. The molecule has 0 aliphatic heterocycles. The van der Waals surface area contributed by atoms with Gasteiger partial charge in [0, 0.05) is 18.6 Å². The van der Waals surface area contributed by atoms with Gasteiger partial charge in [-0.3, -0.25) is 9.59 Å². The standard InChI is InChI=1S/C21H25ClN2O3/c1-4-19(21(26)23-3)24(13-16-9-6-5-8-15(16)2)20(25)14-27-18-11-7-10-17(22)12-18/h5-12,19H,4,13-14H2,1-3H3,(H,23,26)/t19-/m1/s1. The van der Waals surface area contributed by atoms with Crippen molar-refractivity contribution in [3.63, 3.8) is 0 Å². The van der Waals surface area contributed by atoms with E-state index in [1.54, 1.807) is 36.2 Å². The third-order valence-corrected chi connectivity index (χ3v) is 4.63. The number of ether oxygens (including phenoxy) is 1. The van der Waals surface area contributed by atoms with Crippen molar-refractivity contribution in [2.75, 3.05) is 13.7 Å². The van der Waals surface area contributed by atoms with Gasteiger partial charge in [-0.15, -0.1) is 0 Å². The number of hydrogen-bond acceptors (Lipinski definition) is 3. The van der Waals surface area contributed by atoms with E-state index in [-0.39, 0.29) is 18.4 Å². The summed E-state index contributed by atoms with van der Waals surface area (Å²) in [5.41, 5.74) is 2.06. The molecule has 0 fully saturated rings. The Labute approximate surface area is 165 Å². The van der Waals surface area contributed by atoms with Crippen LogP contribution in [0.15, 0.2) is 48.5 Å². The summed E-state index contributed by atoms with van der Waals surface area (Å²) in [6, 6.07) is 14.1. The van der Waals surface area contributed by atoms with Crippen LogP contribution >= 0.6 is 11.6 Å². The number of hydrogen-bond donors (Lipinski definition) is 1.